The van der Waals surface area contributed by atoms with Crippen LogP contribution in [-0.4, -0.2) is 43.9 Å². The Morgan fingerprint density at radius 2 is 2.05 bits per heavy atom. The van der Waals surface area contributed by atoms with Crippen molar-refractivity contribution in [3.05, 3.63) is 18.3 Å². The lowest BCUT2D eigenvalue weighted by Gasteiger charge is -2.28. The first-order valence-corrected chi connectivity index (χ1v) is 7.56. The molecule has 3 N–H and O–H groups in total. The van der Waals surface area contributed by atoms with Crippen LogP contribution >= 0.6 is 0 Å². The summed E-state index contributed by atoms with van der Waals surface area (Å²) in [5.41, 5.74) is 5.47. The molecule has 1 aromatic rings. The maximum atomic E-state index is 11.9. The van der Waals surface area contributed by atoms with Crippen LogP contribution in [-0.2, 0) is 10.0 Å². The van der Waals surface area contributed by atoms with Gasteiger partial charge in [-0.1, -0.05) is 6.92 Å². The molecule has 0 saturated carbocycles. The topological polar surface area (TPSA) is 88.3 Å². The molecule has 0 saturated heterocycles. The van der Waals surface area contributed by atoms with Gasteiger partial charge in [-0.05, 0) is 25.5 Å². The first kappa shape index (κ1) is 15.9. The van der Waals surface area contributed by atoms with E-state index in [1.807, 2.05) is 13.8 Å². The van der Waals surface area contributed by atoms with Crippen LogP contribution in [0, 0.1) is 0 Å². The van der Waals surface area contributed by atoms with Crippen molar-refractivity contribution in [2.45, 2.75) is 30.7 Å². The normalized spacial score (nSPS) is 15.3. The molecule has 0 aliphatic carbocycles. The molecule has 6 nitrogen and oxygen atoms in total. The largest absolute Gasteiger partial charge is 0.364 e. The number of nitrogens with one attached hydrogen (secondary N) is 1. The number of pyridine rings is 1. The Morgan fingerprint density at radius 3 is 2.42 bits per heavy atom. The van der Waals surface area contributed by atoms with Crippen LogP contribution in [0.4, 0.5) is 5.82 Å². The summed E-state index contributed by atoms with van der Waals surface area (Å²) in [7, 11) is -0.450. The second kappa shape index (κ2) is 5.85. The van der Waals surface area contributed by atoms with Crippen LogP contribution in [0.2, 0.25) is 0 Å². The van der Waals surface area contributed by atoms with E-state index >= 15 is 0 Å². The van der Waals surface area contributed by atoms with Crippen LogP contribution in [0.5, 0.6) is 0 Å². The first-order chi connectivity index (χ1) is 8.75. The van der Waals surface area contributed by atoms with E-state index in [1.54, 1.807) is 6.07 Å². The Kier molecular flexibility index (Phi) is 4.89. The Hall–Kier alpha value is -1.18. The van der Waals surface area contributed by atoms with Crippen molar-refractivity contribution in [3.8, 4) is 0 Å². The number of aromatic nitrogens is 1. The van der Waals surface area contributed by atoms with Crippen molar-refractivity contribution < 1.29 is 8.42 Å². The molecule has 0 spiro atoms. The molecule has 0 aromatic carbocycles. The van der Waals surface area contributed by atoms with Gasteiger partial charge in [0, 0.05) is 32.4 Å². The van der Waals surface area contributed by atoms with Crippen LogP contribution in [0.15, 0.2) is 23.2 Å². The number of anilines is 1. The molecule has 108 valence electrons. The molecular formula is C12H22N4O2S. The highest BCUT2D eigenvalue weighted by Crippen LogP contribution is 2.18. The van der Waals surface area contributed by atoms with Gasteiger partial charge in [-0.2, -0.15) is 0 Å². The third-order valence-electron chi connectivity index (χ3n) is 3.18. The third-order valence-corrected chi connectivity index (χ3v) is 4.97. The average molecular weight is 286 g/mol. The highest BCUT2D eigenvalue weighted by Gasteiger charge is 2.21. The fourth-order valence-electron chi connectivity index (χ4n) is 1.41. The average Bonchev–Trinajstić information content (AvgIpc) is 2.39. The quantitative estimate of drug-likeness (QED) is 0.810. The van der Waals surface area contributed by atoms with Crippen molar-refractivity contribution >= 4 is 15.8 Å². The fourth-order valence-corrected chi connectivity index (χ4v) is 2.26. The number of hydrogen-bond donors (Lipinski definition) is 2. The van der Waals surface area contributed by atoms with Gasteiger partial charge in [-0.15, -0.1) is 0 Å². The molecule has 1 heterocycles. The molecule has 1 rings (SSSR count). The number of rotatable bonds is 6. The van der Waals surface area contributed by atoms with E-state index in [0.29, 0.717) is 12.4 Å². The standard InChI is InChI=1S/C12H22N4O2S/c1-5-12(2,9-13)15-11-7-6-10(8-14-11)19(17,18)16(3)4/h6-8H,5,9,13H2,1-4H3,(H,14,15). The summed E-state index contributed by atoms with van der Waals surface area (Å²) in [5.74, 6) is 0.618. The van der Waals surface area contributed by atoms with Crippen LogP contribution in [0.3, 0.4) is 0 Å². The van der Waals surface area contributed by atoms with Gasteiger partial charge in [0.05, 0.1) is 0 Å². The molecule has 0 aliphatic rings. The maximum absolute atomic E-state index is 11.9. The highest BCUT2D eigenvalue weighted by molar-refractivity contribution is 7.89. The zero-order valence-corrected chi connectivity index (χ0v) is 12.7. The van der Waals surface area contributed by atoms with E-state index in [2.05, 4.69) is 10.3 Å². The highest BCUT2D eigenvalue weighted by atomic mass is 32.2. The minimum atomic E-state index is -3.43. The van der Waals surface area contributed by atoms with E-state index in [1.165, 1.54) is 26.4 Å². The van der Waals surface area contributed by atoms with Crippen molar-refractivity contribution in [3.63, 3.8) is 0 Å². The zero-order valence-electron chi connectivity index (χ0n) is 11.8. The Labute approximate surface area is 115 Å². The van der Waals surface area contributed by atoms with E-state index in [-0.39, 0.29) is 10.4 Å². The van der Waals surface area contributed by atoms with Crippen molar-refractivity contribution in [1.82, 2.24) is 9.29 Å². The molecular weight excluding hydrogens is 264 g/mol. The van der Waals surface area contributed by atoms with Crippen molar-refractivity contribution in [2.75, 3.05) is 26.0 Å². The fraction of sp³-hybridized carbons (Fsp3) is 0.583. The van der Waals surface area contributed by atoms with Crippen LogP contribution < -0.4 is 11.1 Å². The van der Waals surface area contributed by atoms with Crippen molar-refractivity contribution in [1.29, 1.82) is 0 Å². The first-order valence-electron chi connectivity index (χ1n) is 6.12. The number of sulfonamides is 1. The molecule has 0 aliphatic heterocycles. The van der Waals surface area contributed by atoms with E-state index < -0.39 is 10.0 Å². The lowest BCUT2D eigenvalue weighted by Crippen LogP contribution is -2.42. The lowest BCUT2D eigenvalue weighted by molar-refractivity contribution is 0.504. The molecule has 19 heavy (non-hydrogen) atoms. The van der Waals surface area contributed by atoms with Gasteiger partial charge in [-0.25, -0.2) is 17.7 Å². The number of nitrogens with zero attached hydrogens (tertiary/aromatic N) is 2. The summed E-state index contributed by atoms with van der Waals surface area (Å²) in [6.07, 6.45) is 2.20. The smallest absolute Gasteiger partial charge is 0.244 e. The maximum Gasteiger partial charge on any atom is 0.244 e. The molecule has 1 unspecified atom stereocenters. The summed E-state index contributed by atoms with van der Waals surface area (Å²) in [6, 6.07) is 3.19. The second-order valence-corrected chi connectivity index (χ2v) is 7.06. The summed E-state index contributed by atoms with van der Waals surface area (Å²) in [4.78, 5) is 4.31. The monoisotopic (exact) mass is 286 g/mol. The van der Waals surface area contributed by atoms with Crippen LogP contribution in [0.1, 0.15) is 20.3 Å². The second-order valence-electron chi connectivity index (χ2n) is 4.91. The summed E-state index contributed by atoms with van der Waals surface area (Å²) in [5, 5.41) is 3.22. The minimum Gasteiger partial charge on any atom is -0.364 e. The van der Waals surface area contributed by atoms with Gasteiger partial charge in [0.15, 0.2) is 0 Å². The van der Waals surface area contributed by atoms with Gasteiger partial charge in [-0.3, -0.25) is 0 Å². The zero-order chi connectivity index (χ0) is 14.7. The molecule has 1 aromatic heterocycles. The van der Waals surface area contributed by atoms with Crippen LogP contribution in [0.25, 0.3) is 0 Å². The number of nitrogens with two attached hydrogens (primary N) is 1. The van der Waals surface area contributed by atoms with E-state index in [9.17, 15) is 8.42 Å². The lowest BCUT2D eigenvalue weighted by atomic mass is 9.99. The molecule has 0 amide bonds. The summed E-state index contributed by atoms with van der Waals surface area (Å²) in [6.45, 7) is 4.51. The minimum absolute atomic E-state index is 0.175. The summed E-state index contributed by atoms with van der Waals surface area (Å²) >= 11 is 0. The predicted octanol–water partition coefficient (Wildman–Crippen LogP) is 0.871. The molecule has 1 atom stereocenters. The van der Waals surface area contributed by atoms with Gasteiger partial charge >= 0.3 is 0 Å². The van der Waals surface area contributed by atoms with E-state index in [0.717, 1.165) is 10.7 Å². The molecule has 0 bridgehead atoms. The molecule has 0 radical (unpaired) electrons. The van der Waals surface area contributed by atoms with Crippen molar-refractivity contribution in [2.24, 2.45) is 5.73 Å². The summed E-state index contributed by atoms with van der Waals surface area (Å²) < 4.78 is 24.9. The number of hydrogen-bond acceptors (Lipinski definition) is 5. The SMILES string of the molecule is CCC(C)(CN)Nc1ccc(S(=O)(=O)N(C)C)cn1. The van der Waals surface area contributed by atoms with Gasteiger partial charge in [0.1, 0.15) is 10.7 Å². The Balaban J connectivity index is 2.95. The van der Waals surface area contributed by atoms with Gasteiger partial charge < -0.3 is 11.1 Å². The Morgan fingerprint density at radius 1 is 1.42 bits per heavy atom. The predicted molar refractivity (Wildman–Crippen MR) is 76.5 cm³/mol. The van der Waals surface area contributed by atoms with Gasteiger partial charge in [0.25, 0.3) is 0 Å². The third kappa shape index (κ3) is 3.65. The van der Waals surface area contributed by atoms with E-state index in [4.69, 9.17) is 5.73 Å². The molecule has 0 fully saturated rings. The molecule has 7 heteroatoms. The Bertz CT molecular complexity index is 507. The van der Waals surface area contributed by atoms with Gasteiger partial charge in [0.2, 0.25) is 10.0 Å².